The lowest BCUT2D eigenvalue weighted by Gasteiger charge is -2.43. The second kappa shape index (κ2) is 13.0. The summed E-state index contributed by atoms with van der Waals surface area (Å²) < 4.78 is 18.0. The van der Waals surface area contributed by atoms with E-state index in [2.05, 4.69) is 66.0 Å². The molecule has 8 nitrogen and oxygen atoms in total. The molecule has 0 aliphatic carbocycles. The molecule has 3 rings (SSSR count). The first-order valence-electron chi connectivity index (χ1n) is 15.3. The standard InChI is InChI=1S/C34H53N3O5Si/c1-32(2,3)36-28-20-17-25(22-35-28)29(42-43(11,12)34(7,8)9)27-19-18-26(37(27)31(39)41-33(4,5)6)21-23-13-15-24(16-14-23)30(38)40-10/h13-17,20,22,26-27,29H,18-19,21H2,1-12H3,(H,35,36)/t26-,27+,29+/m0/s1. The smallest absolute Gasteiger partial charge is 0.410 e. The van der Waals surface area contributed by atoms with E-state index in [1.165, 1.54) is 7.11 Å². The zero-order valence-corrected chi connectivity index (χ0v) is 29.3. The largest absolute Gasteiger partial charge is 0.465 e. The molecule has 2 heterocycles. The van der Waals surface area contributed by atoms with Crippen LogP contribution in [0.4, 0.5) is 10.6 Å². The van der Waals surface area contributed by atoms with Gasteiger partial charge < -0.3 is 19.2 Å². The highest BCUT2D eigenvalue weighted by Crippen LogP contribution is 2.44. The van der Waals surface area contributed by atoms with Gasteiger partial charge in [-0.05, 0) is 103 Å². The summed E-state index contributed by atoms with van der Waals surface area (Å²) in [5.41, 5.74) is 1.72. The molecule has 2 aromatic rings. The van der Waals surface area contributed by atoms with Crippen molar-refractivity contribution >= 4 is 26.2 Å². The molecule has 0 spiro atoms. The van der Waals surface area contributed by atoms with Crippen LogP contribution < -0.4 is 5.32 Å². The zero-order valence-electron chi connectivity index (χ0n) is 28.3. The number of anilines is 1. The molecule has 1 aliphatic rings. The Morgan fingerprint density at radius 1 is 0.977 bits per heavy atom. The van der Waals surface area contributed by atoms with Gasteiger partial charge in [-0.15, -0.1) is 0 Å². The van der Waals surface area contributed by atoms with Gasteiger partial charge in [0.2, 0.25) is 0 Å². The fraction of sp³-hybridized carbons (Fsp3) is 0.618. The van der Waals surface area contributed by atoms with Gasteiger partial charge in [-0.1, -0.05) is 39.0 Å². The molecule has 0 bridgehead atoms. The molecule has 1 amide bonds. The van der Waals surface area contributed by atoms with Crippen LogP contribution in [-0.4, -0.2) is 60.6 Å². The summed E-state index contributed by atoms with van der Waals surface area (Å²) in [6.45, 7) is 23.2. The highest BCUT2D eigenvalue weighted by molar-refractivity contribution is 6.74. The molecule has 1 fully saturated rings. The number of hydrogen-bond acceptors (Lipinski definition) is 7. The minimum atomic E-state index is -2.26. The number of pyridine rings is 1. The number of aromatic nitrogens is 1. The van der Waals surface area contributed by atoms with Gasteiger partial charge in [0.1, 0.15) is 11.4 Å². The highest BCUT2D eigenvalue weighted by atomic mass is 28.4. The molecule has 1 aliphatic heterocycles. The third-order valence-corrected chi connectivity index (χ3v) is 12.6. The van der Waals surface area contributed by atoms with Gasteiger partial charge in [-0.2, -0.15) is 0 Å². The number of rotatable bonds is 8. The normalized spacial score (nSPS) is 18.7. The predicted octanol–water partition coefficient (Wildman–Crippen LogP) is 8.15. The second-order valence-corrected chi connectivity index (χ2v) is 20.0. The van der Waals surface area contributed by atoms with E-state index in [0.29, 0.717) is 12.0 Å². The van der Waals surface area contributed by atoms with Crippen molar-refractivity contribution in [2.45, 2.75) is 129 Å². The van der Waals surface area contributed by atoms with Crippen molar-refractivity contribution < 1.29 is 23.5 Å². The van der Waals surface area contributed by atoms with Crippen LogP contribution in [0, 0.1) is 0 Å². The van der Waals surface area contributed by atoms with Crippen molar-refractivity contribution in [2.24, 2.45) is 0 Å². The molecule has 0 unspecified atom stereocenters. The minimum Gasteiger partial charge on any atom is -0.465 e. The van der Waals surface area contributed by atoms with E-state index in [4.69, 9.17) is 18.9 Å². The molecule has 0 radical (unpaired) electrons. The monoisotopic (exact) mass is 611 g/mol. The lowest BCUT2D eigenvalue weighted by Crippen LogP contribution is -2.50. The van der Waals surface area contributed by atoms with Crippen LogP contribution >= 0.6 is 0 Å². The summed E-state index contributed by atoms with van der Waals surface area (Å²) >= 11 is 0. The number of hydrogen-bond donors (Lipinski definition) is 1. The van der Waals surface area contributed by atoms with E-state index in [9.17, 15) is 9.59 Å². The molecule has 1 saturated heterocycles. The highest BCUT2D eigenvalue weighted by Gasteiger charge is 2.47. The molecular weight excluding hydrogens is 558 g/mol. The van der Waals surface area contributed by atoms with Crippen LogP contribution in [0.15, 0.2) is 42.6 Å². The number of likely N-dealkylation sites (tertiary alicyclic amines) is 1. The molecule has 1 aromatic heterocycles. The van der Waals surface area contributed by atoms with Crippen molar-refractivity contribution in [2.75, 3.05) is 12.4 Å². The van der Waals surface area contributed by atoms with Gasteiger partial charge in [0.15, 0.2) is 8.32 Å². The van der Waals surface area contributed by atoms with Gasteiger partial charge in [0.05, 0.1) is 24.8 Å². The van der Waals surface area contributed by atoms with Crippen LogP contribution in [0.1, 0.15) is 103 Å². The predicted molar refractivity (Wildman–Crippen MR) is 175 cm³/mol. The number of carbonyl (C=O) groups is 2. The first-order chi connectivity index (χ1) is 19.7. The van der Waals surface area contributed by atoms with Gasteiger partial charge in [0.25, 0.3) is 0 Å². The number of benzene rings is 1. The Hall–Kier alpha value is -2.91. The van der Waals surface area contributed by atoms with Crippen LogP contribution in [0.25, 0.3) is 0 Å². The molecule has 9 heteroatoms. The maximum Gasteiger partial charge on any atom is 0.410 e. The SMILES string of the molecule is COC(=O)c1ccc(C[C@@H]2CC[C@H]([C@H](O[Si](C)(C)C(C)(C)C)c3ccc(NC(C)(C)C)nc3)N2C(=O)OC(C)(C)C)cc1. The first kappa shape index (κ1) is 34.6. The fourth-order valence-corrected chi connectivity index (χ4v) is 6.35. The summed E-state index contributed by atoms with van der Waals surface area (Å²) in [5, 5.41) is 3.41. The number of methoxy groups -OCH3 is 1. The number of nitrogens with one attached hydrogen (secondary N) is 1. The Bertz CT molecular complexity index is 1240. The molecule has 3 atom stereocenters. The van der Waals surface area contributed by atoms with Crippen molar-refractivity contribution in [3.63, 3.8) is 0 Å². The van der Waals surface area contributed by atoms with Crippen LogP contribution in [0.5, 0.6) is 0 Å². The van der Waals surface area contributed by atoms with Gasteiger partial charge in [0, 0.05) is 23.3 Å². The average molecular weight is 612 g/mol. The minimum absolute atomic E-state index is 0.0253. The van der Waals surface area contributed by atoms with Crippen LogP contribution in [-0.2, 0) is 20.3 Å². The summed E-state index contributed by atoms with van der Waals surface area (Å²) in [6.07, 6.45) is 3.39. The average Bonchev–Trinajstić information content (AvgIpc) is 3.28. The number of carbonyl (C=O) groups excluding carboxylic acids is 2. The number of nitrogens with zero attached hydrogens (tertiary/aromatic N) is 2. The molecule has 1 aromatic carbocycles. The van der Waals surface area contributed by atoms with Crippen molar-refractivity contribution in [3.05, 3.63) is 59.3 Å². The molecule has 1 N–H and O–H groups in total. The third-order valence-electron chi connectivity index (χ3n) is 8.19. The topological polar surface area (TPSA) is 90.0 Å². The Labute approximate surface area is 260 Å². The summed E-state index contributed by atoms with van der Waals surface area (Å²) in [6, 6.07) is 11.2. The molecule has 43 heavy (non-hydrogen) atoms. The van der Waals surface area contributed by atoms with Crippen molar-refractivity contribution in [1.82, 2.24) is 9.88 Å². The number of esters is 1. The van der Waals surface area contributed by atoms with Gasteiger partial charge >= 0.3 is 12.1 Å². The van der Waals surface area contributed by atoms with Crippen molar-refractivity contribution in [1.29, 1.82) is 0 Å². The summed E-state index contributed by atoms with van der Waals surface area (Å²) in [7, 11) is -0.889. The van der Waals surface area contributed by atoms with E-state index < -0.39 is 13.9 Å². The molecular formula is C34H53N3O5Si. The zero-order chi connectivity index (χ0) is 32.4. The van der Waals surface area contributed by atoms with Crippen molar-refractivity contribution in [3.8, 4) is 0 Å². The third kappa shape index (κ3) is 9.29. The van der Waals surface area contributed by atoms with Gasteiger partial charge in [-0.25, -0.2) is 14.6 Å². The summed E-state index contributed by atoms with van der Waals surface area (Å²) in [5.74, 6) is 0.428. The number of ether oxygens (including phenoxy) is 2. The van der Waals surface area contributed by atoms with E-state index in [1.807, 2.05) is 50.1 Å². The Balaban J connectivity index is 2.03. The lowest BCUT2D eigenvalue weighted by molar-refractivity contribution is -0.00244. The quantitative estimate of drug-likeness (QED) is 0.238. The van der Waals surface area contributed by atoms with E-state index in [-0.39, 0.29) is 40.8 Å². The van der Waals surface area contributed by atoms with Gasteiger partial charge in [-0.3, -0.25) is 4.90 Å². The Morgan fingerprint density at radius 3 is 2.09 bits per heavy atom. The molecule has 238 valence electrons. The first-order valence-corrected chi connectivity index (χ1v) is 18.2. The molecule has 0 saturated carbocycles. The fourth-order valence-electron chi connectivity index (χ4n) is 5.07. The van der Waals surface area contributed by atoms with Crippen LogP contribution in [0.3, 0.4) is 0 Å². The maximum atomic E-state index is 13.9. The van der Waals surface area contributed by atoms with E-state index in [0.717, 1.165) is 29.8 Å². The maximum absolute atomic E-state index is 13.9. The summed E-state index contributed by atoms with van der Waals surface area (Å²) in [4.78, 5) is 32.6. The Kier molecular flexibility index (Phi) is 10.4. The number of amides is 1. The van der Waals surface area contributed by atoms with E-state index >= 15 is 0 Å². The van der Waals surface area contributed by atoms with E-state index in [1.54, 1.807) is 12.1 Å². The van der Waals surface area contributed by atoms with Crippen LogP contribution in [0.2, 0.25) is 18.1 Å². The Morgan fingerprint density at radius 2 is 1.60 bits per heavy atom. The lowest BCUT2D eigenvalue weighted by atomic mass is 10.0. The second-order valence-electron chi connectivity index (χ2n) is 15.2.